The summed E-state index contributed by atoms with van der Waals surface area (Å²) in [6.45, 7) is 0.879. The van der Waals surface area contributed by atoms with Crippen molar-refractivity contribution in [3.8, 4) is 5.75 Å². The fourth-order valence-corrected chi connectivity index (χ4v) is 2.64. The Morgan fingerprint density at radius 2 is 2.09 bits per heavy atom. The van der Waals surface area contributed by atoms with Crippen LogP contribution in [0.2, 0.25) is 0 Å². The van der Waals surface area contributed by atoms with Gasteiger partial charge < -0.3 is 15.4 Å². The molecule has 0 heterocycles. The molecule has 0 unspecified atom stereocenters. The van der Waals surface area contributed by atoms with Crippen LogP contribution in [0.5, 0.6) is 5.75 Å². The molecular formula is C16H24N3O3+. The summed E-state index contributed by atoms with van der Waals surface area (Å²) in [6, 6.07) is 7.53. The van der Waals surface area contributed by atoms with Gasteiger partial charge in [-0.2, -0.15) is 0 Å². The van der Waals surface area contributed by atoms with Crippen LogP contribution >= 0.6 is 0 Å². The SMILES string of the molecule is COc1cccc(C[NH2+]CC(=O)NC(=O)NC2CCCC2)c1. The van der Waals surface area contributed by atoms with Gasteiger partial charge in [0.15, 0.2) is 6.54 Å². The van der Waals surface area contributed by atoms with Crippen molar-refractivity contribution in [3.63, 3.8) is 0 Å². The monoisotopic (exact) mass is 306 g/mol. The Morgan fingerprint density at radius 1 is 1.32 bits per heavy atom. The Hall–Kier alpha value is -2.08. The van der Waals surface area contributed by atoms with Crippen molar-refractivity contribution in [3.05, 3.63) is 29.8 Å². The number of nitrogens with one attached hydrogen (secondary N) is 2. The molecule has 0 aromatic heterocycles. The molecule has 1 aromatic rings. The average Bonchev–Trinajstić information content (AvgIpc) is 3.00. The minimum atomic E-state index is -0.383. The third-order valence-electron chi connectivity index (χ3n) is 3.79. The molecule has 1 aromatic carbocycles. The summed E-state index contributed by atoms with van der Waals surface area (Å²) in [4.78, 5) is 23.4. The van der Waals surface area contributed by atoms with Crippen molar-refractivity contribution in [2.45, 2.75) is 38.3 Å². The van der Waals surface area contributed by atoms with Gasteiger partial charge in [0.2, 0.25) is 0 Å². The van der Waals surface area contributed by atoms with Crippen LogP contribution in [0, 0.1) is 0 Å². The van der Waals surface area contributed by atoms with Crippen LogP contribution < -0.4 is 20.7 Å². The van der Waals surface area contributed by atoms with E-state index in [1.54, 1.807) is 7.11 Å². The number of imide groups is 1. The number of carbonyl (C=O) groups excluding carboxylic acids is 2. The highest BCUT2D eigenvalue weighted by atomic mass is 16.5. The summed E-state index contributed by atoms with van der Waals surface area (Å²) in [5, 5.41) is 7.06. The molecule has 4 N–H and O–H groups in total. The Kier molecular flexibility index (Phi) is 6.21. The third-order valence-corrected chi connectivity index (χ3v) is 3.79. The topological polar surface area (TPSA) is 84.0 Å². The minimum Gasteiger partial charge on any atom is -0.497 e. The number of methoxy groups -OCH3 is 1. The quantitative estimate of drug-likeness (QED) is 0.717. The molecular weight excluding hydrogens is 282 g/mol. The van der Waals surface area contributed by atoms with Gasteiger partial charge in [-0.3, -0.25) is 10.1 Å². The number of rotatable bonds is 6. The third kappa shape index (κ3) is 5.37. The molecule has 0 radical (unpaired) electrons. The van der Waals surface area contributed by atoms with Crippen molar-refractivity contribution in [2.75, 3.05) is 13.7 Å². The Bertz CT molecular complexity index is 513. The maximum Gasteiger partial charge on any atom is 0.321 e. The molecule has 0 bridgehead atoms. The van der Waals surface area contributed by atoms with Gasteiger partial charge in [0.1, 0.15) is 12.3 Å². The molecule has 0 aliphatic heterocycles. The number of ether oxygens (including phenoxy) is 1. The molecule has 6 nitrogen and oxygen atoms in total. The second-order valence-electron chi connectivity index (χ2n) is 5.55. The summed E-state index contributed by atoms with van der Waals surface area (Å²) in [5.74, 6) is 0.518. The van der Waals surface area contributed by atoms with Crippen molar-refractivity contribution < 1.29 is 19.6 Å². The van der Waals surface area contributed by atoms with Gasteiger partial charge in [-0.15, -0.1) is 0 Å². The van der Waals surface area contributed by atoms with Gasteiger partial charge in [-0.25, -0.2) is 4.79 Å². The van der Waals surface area contributed by atoms with Crippen LogP contribution in [0.25, 0.3) is 0 Å². The predicted octanol–water partition coefficient (Wildman–Crippen LogP) is 0.527. The summed E-state index contributed by atoms with van der Waals surface area (Å²) < 4.78 is 5.15. The van der Waals surface area contributed by atoms with Crippen molar-refractivity contribution in [1.82, 2.24) is 10.6 Å². The summed E-state index contributed by atoms with van der Waals surface area (Å²) in [5.41, 5.74) is 1.07. The summed E-state index contributed by atoms with van der Waals surface area (Å²) >= 11 is 0. The average molecular weight is 306 g/mol. The highest BCUT2D eigenvalue weighted by molar-refractivity contribution is 5.94. The molecule has 0 spiro atoms. The van der Waals surface area contributed by atoms with E-state index in [0.29, 0.717) is 6.54 Å². The Balaban J connectivity index is 1.65. The lowest BCUT2D eigenvalue weighted by molar-refractivity contribution is -0.660. The van der Waals surface area contributed by atoms with Gasteiger partial charge in [0.05, 0.1) is 7.11 Å². The predicted molar refractivity (Wildman–Crippen MR) is 82.4 cm³/mol. The molecule has 1 aliphatic carbocycles. The van der Waals surface area contributed by atoms with E-state index >= 15 is 0 Å². The van der Waals surface area contributed by atoms with E-state index in [-0.39, 0.29) is 24.5 Å². The number of amides is 3. The van der Waals surface area contributed by atoms with E-state index in [0.717, 1.165) is 37.0 Å². The fraction of sp³-hybridized carbons (Fsp3) is 0.500. The van der Waals surface area contributed by atoms with Gasteiger partial charge in [0.25, 0.3) is 5.91 Å². The number of carbonyl (C=O) groups is 2. The Labute approximate surface area is 130 Å². The maximum absolute atomic E-state index is 11.7. The Morgan fingerprint density at radius 3 is 2.82 bits per heavy atom. The molecule has 120 valence electrons. The lowest BCUT2D eigenvalue weighted by Crippen LogP contribution is -2.85. The first-order valence-electron chi connectivity index (χ1n) is 7.72. The first kappa shape index (κ1) is 16.3. The molecule has 2 rings (SSSR count). The van der Waals surface area contributed by atoms with Crippen LogP contribution in [-0.4, -0.2) is 31.6 Å². The molecule has 6 heteroatoms. The molecule has 1 aliphatic rings. The van der Waals surface area contributed by atoms with Gasteiger partial charge >= 0.3 is 6.03 Å². The molecule has 0 saturated heterocycles. The molecule has 3 amide bonds. The van der Waals surface area contributed by atoms with Crippen LogP contribution in [0.1, 0.15) is 31.2 Å². The fourth-order valence-electron chi connectivity index (χ4n) is 2.64. The van der Waals surface area contributed by atoms with Crippen molar-refractivity contribution >= 4 is 11.9 Å². The number of hydrogen-bond donors (Lipinski definition) is 3. The second kappa shape index (κ2) is 8.38. The molecule has 1 fully saturated rings. The zero-order valence-corrected chi connectivity index (χ0v) is 12.9. The van der Waals surface area contributed by atoms with Crippen LogP contribution in [0.3, 0.4) is 0 Å². The zero-order valence-electron chi connectivity index (χ0n) is 12.9. The number of hydrogen-bond acceptors (Lipinski definition) is 3. The normalized spacial score (nSPS) is 14.6. The van der Waals surface area contributed by atoms with Gasteiger partial charge in [0, 0.05) is 11.6 Å². The first-order valence-corrected chi connectivity index (χ1v) is 7.72. The number of nitrogens with two attached hydrogens (primary N) is 1. The maximum atomic E-state index is 11.7. The van der Waals surface area contributed by atoms with E-state index in [1.807, 2.05) is 29.6 Å². The largest absolute Gasteiger partial charge is 0.497 e. The van der Waals surface area contributed by atoms with E-state index in [9.17, 15) is 9.59 Å². The standard InChI is InChI=1S/C16H23N3O3/c1-22-14-8-4-5-12(9-14)10-17-11-15(20)19-16(21)18-13-6-2-3-7-13/h4-5,8-9,13,17H,2-3,6-7,10-11H2,1H3,(H2,18,19,20,21)/p+1. The van der Waals surface area contributed by atoms with E-state index in [2.05, 4.69) is 10.6 Å². The van der Waals surface area contributed by atoms with Crippen molar-refractivity contribution in [1.29, 1.82) is 0 Å². The van der Waals surface area contributed by atoms with Crippen LogP contribution in [0.4, 0.5) is 4.79 Å². The first-order chi connectivity index (χ1) is 10.7. The van der Waals surface area contributed by atoms with E-state index in [4.69, 9.17) is 4.74 Å². The van der Waals surface area contributed by atoms with Crippen LogP contribution in [-0.2, 0) is 11.3 Å². The van der Waals surface area contributed by atoms with Crippen LogP contribution in [0.15, 0.2) is 24.3 Å². The molecule has 0 atom stereocenters. The highest BCUT2D eigenvalue weighted by Gasteiger charge is 2.18. The number of quaternary nitrogens is 1. The van der Waals surface area contributed by atoms with Gasteiger partial charge in [-0.05, 0) is 25.0 Å². The summed E-state index contributed by atoms with van der Waals surface area (Å²) in [7, 11) is 1.62. The molecule has 22 heavy (non-hydrogen) atoms. The lowest BCUT2D eigenvalue weighted by atomic mass is 10.2. The number of urea groups is 1. The lowest BCUT2D eigenvalue weighted by Gasteiger charge is -2.11. The minimum absolute atomic E-state index is 0.216. The van der Waals surface area contributed by atoms with E-state index in [1.165, 1.54) is 0 Å². The van der Waals surface area contributed by atoms with E-state index < -0.39 is 0 Å². The van der Waals surface area contributed by atoms with Crippen molar-refractivity contribution in [2.24, 2.45) is 0 Å². The zero-order chi connectivity index (χ0) is 15.8. The van der Waals surface area contributed by atoms with Gasteiger partial charge in [-0.1, -0.05) is 25.0 Å². The smallest absolute Gasteiger partial charge is 0.321 e. The second-order valence-corrected chi connectivity index (χ2v) is 5.55. The number of benzene rings is 1. The molecule has 1 saturated carbocycles. The summed E-state index contributed by atoms with van der Waals surface area (Å²) in [6.07, 6.45) is 4.30. The highest BCUT2D eigenvalue weighted by Crippen LogP contribution is 2.17.